The molecule has 12 heavy (non-hydrogen) atoms. The number of alkyl halides is 2. The van der Waals surface area contributed by atoms with Crippen LogP contribution in [0.5, 0.6) is 0 Å². The highest BCUT2D eigenvalue weighted by Gasteiger charge is 2.44. The summed E-state index contributed by atoms with van der Waals surface area (Å²) < 4.78 is 25.3. The van der Waals surface area contributed by atoms with Gasteiger partial charge in [0.1, 0.15) is 0 Å². The van der Waals surface area contributed by atoms with E-state index in [4.69, 9.17) is 0 Å². The largest absolute Gasteiger partial charge is 0.309 e. The first-order chi connectivity index (χ1) is 5.64. The van der Waals surface area contributed by atoms with Gasteiger partial charge in [-0.25, -0.2) is 8.78 Å². The molecule has 72 valence electrons. The van der Waals surface area contributed by atoms with Crippen LogP contribution in [0, 0.1) is 5.92 Å². The van der Waals surface area contributed by atoms with Gasteiger partial charge in [0, 0.05) is 0 Å². The minimum Gasteiger partial charge on any atom is -0.309 e. The Morgan fingerprint density at radius 2 is 2.25 bits per heavy atom. The Labute approximate surface area is 72.5 Å². The molecule has 0 radical (unpaired) electrons. The van der Waals surface area contributed by atoms with Crippen molar-refractivity contribution >= 4 is 0 Å². The van der Waals surface area contributed by atoms with Crippen molar-refractivity contribution in [3.8, 4) is 0 Å². The number of nitrogens with one attached hydrogen (secondary N) is 1. The van der Waals surface area contributed by atoms with Gasteiger partial charge in [-0.3, -0.25) is 0 Å². The maximum absolute atomic E-state index is 12.6. The van der Waals surface area contributed by atoms with Gasteiger partial charge in [0.05, 0.1) is 5.54 Å². The van der Waals surface area contributed by atoms with Gasteiger partial charge in [0.2, 0.25) is 0 Å². The fraction of sp³-hybridized carbons (Fsp3) is 1.00. The first kappa shape index (κ1) is 9.90. The molecule has 0 aromatic rings. The van der Waals surface area contributed by atoms with Gasteiger partial charge < -0.3 is 5.32 Å². The Balaban J connectivity index is 2.59. The van der Waals surface area contributed by atoms with E-state index in [1.807, 2.05) is 0 Å². The van der Waals surface area contributed by atoms with Crippen LogP contribution in [0.3, 0.4) is 0 Å². The molecule has 1 aliphatic carbocycles. The third-order valence-electron chi connectivity index (χ3n) is 3.14. The first-order valence-electron chi connectivity index (χ1n) is 4.61. The monoisotopic (exact) mass is 177 g/mol. The summed E-state index contributed by atoms with van der Waals surface area (Å²) in [6, 6.07) is 0. The number of halogens is 2. The molecule has 0 spiro atoms. The quantitative estimate of drug-likeness (QED) is 0.698. The van der Waals surface area contributed by atoms with E-state index in [0.29, 0.717) is 18.8 Å². The van der Waals surface area contributed by atoms with Crippen molar-refractivity contribution in [2.45, 2.75) is 44.6 Å². The molecule has 0 bridgehead atoms. The van der Waals surface area contributed by atoms with Crippen molar-refractivity contribution < 1.29 is 8.78 Å². The van der Waals surface area contributed by atoms with Crippen molar-refractivity contribution in [1.29, 1.82) is 0 Å². The zero-order valence-electron chi connectivity index (χ0n) is 7.74. The summed E-state index contributed by atoms with van der Waals surface area (Å²) in [4.78, 5) is 0. The molecule has 1 N–H and O–H groups in total. The van der Waals surface area contributed by atoms with Crippen molar-refractivity contribution in [3.63, 3.8) is 0 Å². The molecule has 0 aromatic heterocycles. The second-order valence-electron chi connectivity index (χ2n) is 3.72. The van der Waals surface area contributed by atoms with Crippen LogP contribution in [0.4, 0.5) is 8.78 Å². The average molecular weight is 177 g/mol. The van der Waals surface area contributed by atoms with Crippen molar-refractivity contribution in [3.05, 3.63) is 0 Å². The maximum Gasteiger partial charge on any atom is 0.256 e. The standard InChI is InChI=1S/C9H17F2N/c1-3-7-4-5-9(6-7,12-2)8(10)11/h7-8,12H,3-6H2,1-2H3. The smallest absolute Gasteiger partial charge is 0.256 e. The Morgan fingerprint density at radius 3 is 2.50 bits per heavy atom. The molecule has 0 aromatic carbocycles. The van der Waals surface area contributed by atoms with Crippen LogP contribution in [-0.2, 0) is 0 Å². The first-order valence-corrected chi connectivity index (χ1v) is 4.61. The molecule has 1 rings (SSSR count). The van der Waals surface area contributed by atoms with E-state index in [2.05, 4.69) is 12.2 Å². The summed E-state index contributed by atoms with van der Waals surface area (Å²) in [6.07, 6.45) is 1.01. The van der Waals surface area contributed by atoms with E-state index in [9.17, 15) is 8.78 Å². The highest BCUT2D eigenvalue weighted by Crippen LogP contribution is 2.39. The predicted octanol–water partition coefficient (Wildman–Crippen LogP) is 2.42. The normalized spacial score (nSPS) is 36.2. The van der Waals surface area contributed by atoms with Gasteiger partial charge in [-0.05, 0) is 32.2 Å². The Hall–Kier alpha value is -0.180. The lowest BCUT2D eigenvalue weighted by Gasteiger charge is -2.27. The van der Waals surface area contributed by atoms with Gasteiger partial charge in [0.15, 0.2) is 0 Å². The van der Waals surface area contributed by atoms with Gasteiger partial charge in [-0.1, -0.05) is 13.3 Å². The van der Waals surface area contributed by atoms with E-state index >= 15 is 0 Å². The van der Waals surface area contributed by atoms with Crippen LogP contribution >= 0.6 is 0 Å². The van der Waals surface area contributed by atoms with E-state index in [1.165, 1.54) is 0 Å². The molecule has 0 aliphatic heterocycles. The number of rotatable bonds is 3. The van der Waals surface area contributed by atoms with E-state index in [-0.39, 0.29) is 0 Å². The SMILES string of the molecule is CCC1CCC(NC)(C(F)F)C1. The predicted molar refractivity (Wildman–Crippen MR) is 45.4 cm³/mol. The van der Waals surface area contributed by atoms with Crippen LogP contribution in [0.25, 0.3) is 0 Å². The van der Waals surface area contributed by atoms with Crippen LogP contribution in [0.2, 0.25) is 0 Å². The van der Waals surface area contributed by atoms with Crippen molar-refractivity contribution in [1.82, 2.24) is 5.32 Å². The molecule has 1 nitrogen and oxygen atoms in total. The van der Waals surface area contributed by atoms with E-state index < -0.39 is 12.0 Å². The molecule has 2 atom stereocenters. The Bertz CT molecular complexity index is 149. The van der Waals surface area contributed by atoms with Gasteiger partial charge in [0.25, 0.3) is 6.43 Å². The van der Waals surface area contributed by atoms with Crippen molar-refractivity contribution in [2.75, 3.05) is 7.05 Å². The van der Waals surface area contributed by atoms with Crippen LogP contribution in [0.1, 0.15) is 32.6 Å². The Morgan fingerprint density at radius 1 is 1.58 bits per heavy atom. The number of hydrogen-bond donors (Lipinski definition) is 1. The molecule has 1 saturated carbocycles. The zero-order valence-corrected chi connectivity index (χ0v) is 7.74. The van der Waals surface area contributed by atoms with E-state index in [0.717, 1.165) is 12.8 Å². The Kier molecular flexibility index (Phi) is 3.04. The maximum atomic E-state index is 12.6. The second-order valence-corrected chi connectivity index (χ2v) is 3.72. The molecular formula is C9H17F2N. The molecule has 1 aliphatic rings. The van der Waals surface area contributed by atoms with E-state index in [1.54, 1.807) is 7.05 Å². The highest BCUT2D eigenvalue weighted by atomic mass is 19.3. The highest BCUT2D eigenvalue weighted by molar-refractivity contribution is 4.97. The molecule has 0 amide bonds. The summed E-state index contributed by atoms with van der Waals surface area (Å²) in [7, 11) is 1.64. The summed E-state index contributed by atoms with van der Waals surface area (Å²) in [5, 5.41) is 2.79. The molecular weight excluding hydrogens is 160 g/mol. The van der Waals surface area contributed by atoms with Gasteiger partial charge in [-0.2, -0.15) is 0 Å². The molecule has 0 heterocycles. The minimum atomic E-state index is -2.22. The van der Waals surface area contributed by atoms with Crippen LogP contribution < -0.4 is 5.32 Å². The fourth-order valence-corrected chi connectivity index (χ4v) is 2.06. The van der Waals surface area contributed by atoms with Crippen LogP contribution in [-0.4, -0.2) is 19.0 Å². The summed E-state index contributed by atoms with van der Waals surface area (Å²) in [5.41, 5.74) is -0.874. The lowest BCUT2D eigenvalue weighted by atomic mass is 9.96. The summed E-state index contributed by atoms with van der Waals surface area (Å²) in [6.45, 7) is 2.07. The number of hydrogen-bond acceptors (Lipinski definition) is 1. The van der Waals surface area contributed by atoms with Crippen molar-refractivity contribution in [2.24, 2.45) is 5.92 Å². The van der Waals surface area contributed by atoms with Gasteiger partial charge >= 0.3 is 0 Å². The minimum absolute atomic E-state index is 0.492. The average Bonchev–Trinajstić information content (AvgIpc) is 2.48. The molecule has 3 heteroatoms. The third-order valence-corrected chi connectivity index (χ3v) is 3.14. The topological polar surface area (TPSA) is 12.0 Å². The summed E-state index contributed by atoms with van der Waals surface area (Å²) in [5.74, 6) is 0.492. The molecule has 0 saturated heterocycles. The zero-order chi connectivity index (χ0) is 9.19. The molecule has 1 fully saturated rings. The lowest BCUT2D eigenvalue weighted by Crippen LogP contribution is -2.47. The van der Waals surface area contributed by atoms with Crippen LogP contribution in [0.15, 0.2) is 0 Å². The molecule has 2 unspecified atom stereocenters. The second kappa shape index (κ2) is 3.69. The van der Waals surface area contributed by atoms with Gasteiger partial charge in [-0.15, -0.1) is 0 Å². The summed E-state index contributed by atoms with van der Waals surface area (Å²) >= 11 is 0. The third kappa shape index (κ3) is 1.60. The fourth-order valence-electron chi connectivity index (χ4n) is 2.06. The lowest BCUT2D eigenvalue weighted by molar-refractivity contribution is 0.0355.